The predicted molar refractivity (Wildman–Crippen MR) is 153 cm³/mol. The third kappa shape index (κ3) is 4.65. The van der Waals surface area contributed by atoms with Gasteiger partial charge in [-0.05, 0) is 49.1 Å². The number of rotatable bonds is 6. The highest BCUT2D eigenvalue weighted by Crippen LogP contribution is 2.58. The Labute approximate surface area is 249 Å². The number of hydrogen-bond acceptors (Lipinski definition) is 9. The maximum absolute atomic E-state index is 14.3. The number of Topliss-reactive ketones (excluding diaryl/α,β-unsaturated/α-hetero) is 2. The van der Waals surface area contributed by atoms with Gasteiger partial charge in [0, 0.05) is 23.8 Å². The fourth-order valence-corrected chi connectivity index (χ4v) is 8.52. The number of hydrogen-bond donors (Lipinski definition) is 5. The van der Waals surface area contributed by atoms with E-state index in [9.17, 15) is 39.6 Å². The predicted octanol–water partition coefficient (Wildman–Crippen LogP) is 4.04. The van der Waals surface area contributed by atoms with E-state index in [0.29, 0.717) is 30.7 Å². The third-order valence-electron chi connectivity index (χ3n) is 10.7. The zero-order chi connectivity index (χ0) is 30.6. The van der Waals surface area contributed by atoms with Crippen LogP contribution in [0.5, 0.6) is 5.75 Å². The summed E-state index contributed by atoms with van der Waals surface area (Å²) in [5.74, 6) is -8.67. The van der Waals surface area contributed by atoms with Gasteiger partial charge < -0.3 is 30.9 Å². The maximum atomic E-state index is 14.3. The molecule has 0 aromatic heterocycles. The van der Waals surface area contributed by atoms with Crippen LogP contribution in [-0.4, -0.2) is 55.6 Å². The van der Waals surface area contributed by atoms with E-state index >= 15 is 0 Å². The molecule has 0 spiro atoms. The molecular formula is C33H39NO9. The Morgan fingerprint density at radius 2 is 1.63 bits per heavy atom. The molecule has 5 aliphatic rings. The van der Waals surface area contributed by atoms with Gasteiger partial charge in [0.1, 0.15) is 28.9 Å². The fourth-order valence-electron chi connectivity index (χ4n) is 8.52. The second-order valence-corrected chi connectivity index (χ2v) is 13.0. The number of carbonyl (C=O) groups excluding carboxylic acids is 4. The monoisotopic (exact) mass is 593 g/mol. The van der Waals surface area contributed by atoms with Crippen LogP contribution >= 0.6 is 0 Å². The lowest BCUT2D eigenvalue weighted by Gasteiger charge is -2.52. The van der Waals surface area contributed by atoms with Crippen molar-refractivity contribution in [2.75, 3.05) is 0 Å². The van der Waals surface area contributed by atoms with E-state index in [2.05, 4.69) is 0 Å². The van der Waals surface area contributed by atoms with E-state index in [4.69, 9.17) is 10.5 Å². The van der Waals surface area contributed by atoms with Crippen molar-refractivity contribution < 1.29 is 44.3 Å². The number of carbonyl (C=O) groups is 4. The molecule has 0 unspecified atom stereocenters. The molecule has 1 aromatic carbocycles. The van der Waals surface area contributed by atoms with Crippen LogP contribution in [0.1, 0.15) is 94.1 Å². The average Bonchev–Trinajstić information content (AvgIpc) is 3.50. The van der Waals surface area contributed by atoms with Crippen LogP contribution < -0.4 is 5.73 Å². The van der Waals surface area contributed by atoms with Crippen molar-refractivity contribution in [3.05, 3.63) is 46.2 Å². The first-order valence-corrected chi connectivity index (χ1v) is 15.5. The molecule has 0 bridgehead atoms. The molecule has 10 heteroatoms. The zero-order valence-corrected chi connectivity index (χ0v) is 24.1. The fraction of sp³-hybridized carbons (Fsp3) is 0.576. The number of amides is 1. The molecule has 6 rings (SSSR count). The van der Waals surface area contributed by atoms with E-state index in [0.717, 1.165) is 51.4 Å². The Hall–Kier alpha value is -3.66. The molecule has 43 heavy (non-hydrogen) atoms. The molecule has 1 aromatic rings. The SMILES string of the molecule is NC(=O)C1=C(O)[C@@]2(O)C(=O)C3=C(O)c4c(O)cccc4[C@H](CCC4CCCC4)[C@H]3[C@H](OC(=O)C3CCCCC3)[C@H]2CC1=O. The number of ketones is 2. The number of nitrogens with two attached hydrogens (primary N) is 1. The summed E-state index contributed by atoms with van der Waals surface area (Å²) in [7, 11) is 0. The minimum Gasteiger partial charge on any atom is -0.508 e. The van der Waals surface area contributed by atoms with Crippen LogP contribution in [0.2, 0.25) is 0 Å². The van der Waals surface area contributed by atoms with Gasteiger partial charge in [0.05, 0.1) is 11.5 Å². The Kier molecular flexibility index (Phi) is 7.61. The molecule has 5 atom stereocenters. The number of ether oxygens (including phenoxy) is 1. The van der Waals surface area contributed by atoms with Gasteiger partial charge in [0.25, 0.3) is 5.91 Å². The van der Waals surface area contributed by atoms with Crippen molar-refractivity contribution in [3.63, 3.8) is 0 Å². The summed E-state index contributed by atoms with van der Waals surface area (Å²) in [6.45, 7) is 0. The summed E-state index contributed by atoms with van der Waals surface area (Å²) in [6.07, 6.45) is 7.84. The molecule has 0 saturated heterocycles. The molecule has 230 valence electrons. The molecular weight excluding hydrogens is 554 g/mol. The number of fused-ring (bicyclic) bond motifs is 3. The van der Waals surface area contributed by atoms with Gasteiger partial charge in [-0.25, -0.2) is 0 Å². The zero-order valence-electron chi connectivity index (χ0n) is 24.1. The minimum atomic E-state index is -2.85. The van der Waals surface area contributed by atoms with Crippen LogP contribution in [0, 0.1) is 23.7 Å². The number of aliphatic hydroxyl groups excluding tert-OH is 2. The van der Waals surface area contributed by atoms with Crippen LogP contribution in [0.25, 0.3) is 5.76 Å². The topological polar surface area (TPSA) is 184 Å². The summed E-state index contributed by atoms with van der Waals surface area (Å²) >= 11 is 0. The highest BCUT2D eigenvalue weighted by atomic mass is 16.5. The number of phenols is 1. The van der Waals surface area contributed by atoms with E-state index < -0.39 is 82.3 Å². The summed E-state index contributed by atoms with van der Waals surface area (Å²) in [5, 5.41) is 45.7. The van der Waals surface area contributed by atoms with Gasteiger partial charge in [0.2, 0.25) is 5.78 Å². The van der Waals surface area contributed by atoms with Crippen LogP contribution in [0.3, 0.4) is 0 Å². The van der Waals surface area contributed by atoms with Crippen molar-refractivity contribution >= 4 is 29.2 Å². The molecule has 5 aliphatic carbocycles. The minimum absolute atomic E-state index is 0.0448. The number of aromatic hydroxyl groups is 1. The summed E-state index contributed by atoms with van der Waals surface area (Å²) in [4.78, 5) is 53.3. The van der Waals surface area contributed by atoms with E-state index in [1.54, 1.807) is 12.1 Å². The molecule has 1 amide bonds. The first-order chi connectivity index (χ1) is 20.6. The smallest absolute Gasteiger partial charge is 0.309 e. The van der Waals surface area contributed by atoms with Crippen LogP contribution in [-0.2, 0) is 23.9 Å². The first kappa shape index (κ1) is 29.4. The lowest BCUT2D eigenvalue weighted by Crippen LogP contribution is -2.65. The van der Waals surface area contributed by atoms with Gasteiger partial charge in [-0.1, -0.05) is 57.1 Å². The standard InChI is InChI=1S/C33H39NO9/c34-31(40)25-22(36)15-20-28(43-32(41)17-9-2-1-3-10-17)24-19(14-13-16-7-4-5-8-16)18-11-6-12-21(35)23(18)27(37)26(24)30(39)33(20,42)29(25)38/h6,11-12,16-17,19-20,24,28,35,37-38,42H,1-5,7-10,13-15H2,(H2,34,40)/t19-,20+,24+,28+,33+/m0/s1. The van der Waals surface area contributed by atoms with Crippen molar-refractivity contribution in [1.29, 1.82) is 0 Å². The number of aliphatic hydroxyl groups is 3. The highest BCUT2D eigenvalue weighted by molar-refractivity contribution is 6.23. The van der Waals surface area contributed by atoms with Gasteiger partial charge in [-0.3, -0.25) is 19.2 Å². The van der Waals surface area contributed by atoms with Gasteiger partial charge in [0.15, 0.2) is 11.4 Å². The number of esters is 1. The van der Waals surface area contributed by atoms with E-state index in [1.165, 1.54) is 6.07 Å². The lowest BCUT2D eigenvalue weighted by molar-refractivity contribution is -0.182. The molecule has 0 heterocycles. The molecule has 6 N–H and O–H groups in total. The summed E-state index contributed by atoms with van der Waals surface area (Å²) in [6, 6.07) is 4.80. The maximum Gasteiger partial charge on any atom is 0.309 e. The van der Waals surface area contributed by atoms with Crippen molar-refractivity contribution in [3.8, 4) is 5.75 Å². The molecule has 3 fully saturated rings. The summed E-state index contributed by atoms with van der Waals surface area (Å²) < 4.78 is 6.21. The number of phenolic OH excluding ortho intramolecular Hbond substituents is 1. The van der Waals surface area contributed by atoms with Crippen LogP contribution in [0.4, 0.5) is 0 Å². The van der Waals surface area contributed by atoms with Crippen LogP contribution in [0.15, 0.2) is 35.1 Å². The Morgan fingerprint density at radius 1 is 0.953 bits per heavy atom. The molecule has 3 saturated carbocycles. The molecule has 10 nitrogen and oxygen atoms in total. The van der Waals surface area contributed by atoms with E-state index in [-0.39, 0.29) is 16.9 Å². The first-order valence-electron chi connectivity index (χ1n) is 15.5. The average molecular weight is 594 g/mol. The van der Waals surface area contributed by atoms with Crippen molar-refractivity contribution in [1.82, 2.24) is 0 Å². The molecule has 0 radical (unpaired) electrons. The Balaban J connectivity index is 1.53. The van der Waals surface area contributed by atoms with Gasteiger partial charge >= 0.3 is 5.97 Å². The quantitative estimate of drug-likeness (QED) is 0.240. The largest absolute Gasteiger partial charge is 0.508 e. The Morgan fingerprint density at radius 3 is 2.30 bits per heavy atom. The lowest BCUT2D eigenvalue weighted by atomic mass is 9.54. The third-order valence-corrected chi connectivity index (χ3v) is 10.7. The summed E-state index contributed by atoms with van der Waals surface area (Å²) in [5.41, 5.74) is 1.96. The van der Waals surface area contributed by atoms with Gasteiger partial charge in [-0.15, -0.1) is 0 Å². The van der Waals surface area contributed by atoms with Crippen molar-refractivity contribution in [2.45, 2.75) is 94.7 Å². The van der Waals surface area contributed by atoms with E-state index in [1.807, 2.05) is 0 Å². The normalized spacial score (nSPS) is 31.5. The second kappa shape index (κ2) is 11.1. The second-order valence-electron chi connectivity index (χ2n) is 13.0. The molecule has 0 aliphatic heterocycles. The highest BCUT2D eigenvalue weighted by Gasteiger charge is 2.66. The van der Waals surface area contributed by atoms with Crippen molar-refractivity contribution in [2.24, 2.45) is 29.4 Å². The Bertz CT molecular complexity index is 1430. The number of primary amides is 1. The van der Waals surface area contributed by atoms with Gasteiger partial charge in [-0.2, -0.15) is 0 Å². The number of benzene rings is 1.